The lowest BCUT2D eigenvalue weighted by Crippen LogP contribution is -2.49. The molecule has 0 amide bonds. The number of carboxylic acids is 1. The number of hydrogen-bond donors (Lipinski definition) is 1. The van der Waals surface area contributed by atoms with Crippen LogP contribution < -0.4 is 0 Å². The third-order valence-corrected chi connectivity index (χ3v) is 5.85. The minimum Gasteiger partial charge on any atom is -0.481 e. The summed E-state index contributed by atoms with van der Waals surface area (Å²) < 4.78 is 1.45. The zero-order valence-electron chi connectivity index (χ0n) is 13.0. The van der Waals surface area contributed by atoms with Crippen LogP contribution in [0.2, 0.25) is 0 Å². The Morgan fingerprint density at radius 1 is 1.41 bits per heavy atom. The van der Waals surface area contributed by atoms with Crippen molar-refractivity contribution in [1.29, 1.82) is 0 Å². The van der Waals surface area contributed by atoms with Gasteiger partial charge < -0.3 is 9.59 Å². The minimum atomic E-state index is -0.794. The van der Waals surface area contributed by atoms with E-state index in [0.717, 1.165) is 14.9 Å². The van der Waals surface area contributed by atoms with Gasteiger partial charge in [0.2, 0.25) is 0 Å². The third-order valence-electron chi connectivity index (χ3n) is 4.05. The zero-order chi connectivity index (χ0) is 16.5. The highest BCUT2D eigenvalue weighted by Gasteiger charge is 2.38. The average molecular weight is 387 g/mol. The molecule has 22 heavy (non-hydrogen) atoms. The first-order valence-corrected chi connectivity index (χ1v) is 8.91. The van der Waals surface area contributed by atoms with Crippen molar-refractivity contribution in [3.8, 4) is 0 Å². The van der Waals surface area contributed by atoms with Crippen LogP contribution in [0.25, 0.3) is 0 Å². The summed E-state index contributed by atoms with van der Waals surface area (Å²) in [6.07, 6.45) is 0.123. The number of Topliss-reactive ketones (excluding diaryl/α,β-unsaturated/α-hetero) is 1. The van der Waals surface area contributed by atoms with E-state index < -0.39 is 5.97 Å². The van der Waals surface area contributed by atoms with E-state index in [2.05, 4.69) is 22.9 Å². The van der Waals surface area contributed by atoms with E-state index in [1.54, 1.807) is 11.8 Å². The van der Waals surface area contributed by atoms with Crippen molar-refractivity contribution >= 4 is 39.4 Å². The van der Waals surface area contributed by atoms with Gasteiger partial charge in [-0.05, 0) is 18.2 Å². The third kappa shape index (κ3) is 4.12. The van der Waals surface area contributed by atoms with Gasteiger partial charge in [-0.2, -0.15) is 0 Å². The molecule has 0 aromatic heterocycles. The van der Waals surface area contributed by atoms with Crippen LogP contribution in [0.15, 0.2) is 27.6 Å². The van der Waals surface area contributed by atoms with Gasteiger partial charge in [-0.25, -0.2) is 0 Å². The second kappa shape index (κ2) is 6.72. The van der Waals surface area contributed by atoms with Crippen molar-refractivity contribution in [1.82, 2.24) is 0 Å². The number of fused-ring (bicyclic) bond motifs is 1. The number of rotatable bonds is 5. The molecule has 1 N–H and O–H groups in total. The smallest absolute Gasteiger partial charge is 0.309 e. The fraction of sp³-hybridized carbons (Fsp3) is 0.500. The normalized spacial score (nSPS) is 21.5. The Labute approximate surface area is 143 Å². The topological polar surface area (TPSA) is 54.4 Å². The molecule has 2 rings (SSSR count). The molecule has 1 aromatic rings. The number of nitrogens with zero attached hydrogens (tertiary/aromatic N) is 1. The van der Waals surface area contributed by atoms with E-state index in [1.165, 1.54) is 0 Å². The fourth-order valence-electron chi connectivity index (χ4n) is 2.75. The number of carbonyl (C=O) groups is 2. The maximum absolute atomic E-state index is 12.8. The molecule has 0 spiro atoms. The highest BCUT2D eigenvalue weighted by molar-refractivity contribution is 9.10. The van der Waals surface area contributed by atoms with E-state index in [0.29, 0.717) is 17.6 Å². The Balaban J connectivity index is 2.18. The number of quaternary nitrogens is 1. The Hall–Kier alpha value is -0.850. The van der Waals surface area contributed by atoms with Crippen LogP contribution in [0.3, 0.4) is 0 Å². The van der Waals surface area contributed by atoms with Gasteiger partial charge in [-0.1, -0.05) is 22.9 Å². The Kier molecular flexibility index (Phi) is 5.35. The highest BCUT2D eigenvalue weighted by atomic mass is 79.9. The number of hydrogen-bond acceptors (Lipinski definition) is 3. The van der Waals surface area contributed by atoms with Crippen LogP contribution in [0.1, 0.15) is 23.7 Å². The second-order valence-corrected chi connectivity index (χ2v) is 8.75. The van der Waals surface area contributed by atoms with E-state index >= 15 is 0 Å². The van der Waals surface area contributed by atoms with E-state index in [4.69, 9.17) is 5.11 Å². The molecule has 0 saturated carbocycles. The zero-order valence-corrected chi connectivity index (χ0v) is 15.4. The molecule has 4 nitrogen and oxygen atoms in total. The maximum Gasteiger partial charge on any atom is 0.309 e. The quantitative estimate of drug-likeness (QED) is 0.788. The molecule has 1 aliphatic rings. The van der Waals surface area contributed by atoms with Gasteiger partial charge in [0, 0.05) is 20.2 Å². The molecule has 2 atom stereocenters. The van der Waals surface area contributed by atoms with Gasteiger partial charge in [-0.3, -0.25) is 9.59 Å². The first kappa shape index (κ1) is 17.5. The first-order valence-electron chi connectivity index (χ1n) is 7.24. The van der Waals surface area contributed by atoms with Gasteiger partial charge in [0.05, 0.1) is 39.5 Å². The van der Waals surface area contributed by atoms with Crippen LogP contribution in [-0.4, -0.2) is 53.8 Å². The fourth-order valence-corrected chi connectivity index (χ4v) is 4.31. The van der Waals surface area contributed by atoms with Gasteiger partial charge in [-0.15, -0.1) is 11.8 Å². The van der Waals surface area contributed by atoms with Crippen LogP contribution >= 0.6 is 27.7 Å². The second-order valence-electron chi connectivity index (χ2n) is 6.42. The number of thioether (sulfide) groups is 1. The summed E-state index contributed by atoms with van der Waals surface area (Å²) in [7, 11) is 3.98. The summed E-state index contributed by atoms with van der Waals surface area (Å²) in [5, 5.41) is 9.06. The van der Waals surface area contributed by atoms with Gasteiger partial charge in [0.1, 0.15) is 0 Å². The molecule has 1 aliphatic heterocycles. The number of carbonyl (C=O) groups excluding carboxylic acids is 1. The summed E-state index contributed by atoms with van der Waals surface area (Å²) in [6.45, 7) is 3.27. The van der Waals surface area contributed by atoms with Crippen LogP contribution in [0, 0.1) is 5.92 Å². The van der Waals surface area contributed by atoms with Crippen molar-refractivity contribution in [2.45, 2.75) is 23.5 Å². The van der Waals surface area contributed by atoms with Crippen molar-refractivity contribution in [3.63, 3.8) is 0 Å². The summed E-state index contributed by atoms with van der Waals surface area (Å²) >= 11 is 5.15. The van der Waals surface area contributed by atoms with Crippen LogP contribution in [0.5, 0.6) is 0 Å². The van der Waals surface area contributed by atoms with E-state index in [-0.39, 0.29) is 23.4 Å². The highest BCUT2D eigenvalue weighted by Crippen LogP contribution is 2.40. The average Bonchev–Trinajstić information content (AvgIpc) is 2.42. The molecule has 0 bridgehead atoms. The van der Waals surface area contributed by atoms with Crippen molar-refractivity contribution in [2.75, 3.05) is 27.2 Å². The lowest BCUT2D eigenvalue weighted by Gasteiger charge is -2.36. The number of aliphatic carboxylic acids is 1. The number of ketones is 1. The molecule has 1 aromatic carbocycles. The number of benzene rings is 1. The molecule has 6 heteroatoms. The number of carboxylic acid groups (broad SMARTS) is 1. The molecular formula is C16H21BrNO3S+. The summed E-state index contributed by atoms with van der Waals surface area (Å²) in [6, 6.07) is 5.83. The predicted molar refractivity (Wildman–Crippen MR) is 91.4 cm³/mol. The van der Waals surface area contributed by atoms with Gasteiger partial charge in [0.25, 0.3) is 0 Å². The largest absolute Gasteiger partial charge is 0.481 e. The molecule has 0 radical (unpaired) electrons. The lowest BCUT2D eigenvalue weighted by molar-refractivity contribution is -0.892. The first-order chi connectivity index (χ1) is 10.2. The summed E-state index contributed by atoms with van der Waals surface area (Å²) in [5.74, 6) is -0.711. The Bertz CT molecular complexity index is 603. The lowest BCUT2D eigenvalue weighted by atomic mass is 9.93. The van der Waals surface area contributed by atoms with Crippen molar-refractivity contribution in [2.24, 2.45) is 5.92 Å². The van der Waals surface area contributed by atoms with Gasteiger partial charge >= 0.3 is 5.97 Å². The Morgan fingerprint density at radius 3 is 2.73 bits per heavy atom. The monoisotopic (exact) mass is 386 g/mol. The number of halogens is 1. The molecule has 0 saturated heterocycles. The van der Waals surface area contributed by atoms with Crippen LogP contribution in [0.4, 0.5) is 0 Å². The standard InChI is InChI=1S/C16H20BrNO3S/c1-10-13(9-18(2,3)7-6-15(19)20)16(21)12-8-11(17)4-5-14(12)22-10/h4-5,8,10,13H,6-7,9H2,1-3H3/p+1. The molecule has 2 unspecified atom stereocenters. The molecule has 1 heterocycles. The minimum absolute atomic E-state index is 0.0874. The Morgan fingerprint density at radius 2 is 2.09 bits per heavy atom. The SMILES string of the molecule is CC1Sc2ccc(Br)cc2C(=O)C1C[N+](C)(C)CCC(=O)O. The van der Waals surface area contributed by atoms with E-state index in [1.807, 2.05) is 32.3 Å². The predicted octanol–water partition coefficient (Wildman–Crippen LogP) is 3.29. The van der Waals surface area contributed by atoms with Gasteiger partial charge in [0.15, 0.2) is 5.78 Å². The van der Waals surface area contributed by atoms with Crippen LogP contribution in [-0.2, 0) is 4.79 Å². The summed E-state index contributed by atoms with van der Waals surface area (Å²) in [5.41, 5.74) is 0.778. The molecule has 0 fully saturated rings. The molecular weight excluding hydrogens is 366 g/mol. The van der Waals surface area contributed by atoms with E-state index in [9.17, 15) is 9.59 Å². The molecule has 0 aliphatic carbocycles. The van der Waals surface area contributed by atoms with Crippen molar-refractivity contribution < 1.29 is 19.2 Å². The molecule has 120 valence electrons. The van der Waals surface area contributed by atoms with Crippen molar-refractivity contribution in [3.05, 3.63) is 28.2 Å². The summed E-state index contributed by atoms with van der Waals surface area (Å²) in [4.78, 5) is 24.7. The maximum atomic E-state index is 12.8.